The number of ketones is 1. The zero-order chi connectivity index (χ0) is 15.9. The lowest BCUT2D eigenvalue weighted by molar-refractivity contribution is 0.0593. The second-order valence-electron chi connectivity index (χ2n) is 5.55. The van der Waals surface area contributed by atoms with Gasteiger partial charge in [-0.3, -0.25) is 4.79 Å². The number of hydrogen-bond donors (Lipinski definition) is 1. The molecule has 0 radical (unpaired) electrons. The molecule has 0 unspecified atom stereocenters. The summed E-state index contributed by atoms with van der Waals surface area (Å²) in [6.07, 6.45) is 1.13. The monoisotopic (exact) mass is 317 g/mol. The largest absolute Gasteiger partial charge is 0.464 e. The minimum Gasteiger partial charge on any atom is -0.464 e. The van der Waals surface area contributed by atoms with Gasteiger partial charge in [0, 0.05) is 22.7 Å². The molecule has 0 bridgehead atoms. The predicted molar refractivity (Wildman–Crippen MR) is 83.7 cm³/mol. The van der Waals surface area contributed by atoms with Gasteiger partial charge in [0.25, 0.3) is 0 Å². The lowest BCUT2D eigenvalue weighted by Crippen LogP contribution is -2.18. The summed E-state index contributed by atoms with van der Waals surface area (Å²) in [5, 5.41) is 0.676. The number of rotatable bonds is 2. The predicted octanol–water partition coefficient (Wildman–Crippen LogP) is 3.68. The van der Waals surface area contributed by atoms with Crippen molar-refractivity contribution in [2.24, 2.45) is 0 Å². The molecule has 1 aliphatic carbocycles. The van der Waals surface area contributed by atoms with E-state index in [4.69, 9.17) is 16.3 Å². The van der Waals surface area contributed by atoms with Crippen LogP contribution >= 0.6 is 11.6 Å². The van der Waals surface area contributed by atoms with Crippen LogP contribution in [0.1, 0.15) is 50.0 Å². The highest BCUT2D eigenvalue weighted by Crippen LogP contribution is 2.35. The molecule has 0 aliphatic heterocycles. The number of halogens is 1. The first kappa shape index (κ1) is 14.9. The van der Waals surface area contributed by atoms with Crippen molar-refractivity contribution in [3.8, 4) is 0 Å². The first-order valence-electron chi connectivity index (χ1n) is 7.09. The Bertz CT molecular complexity index is 746. The lowest BCUT2D eigenvalue weighted by atomic mass is 9.81. The zero-order valence-corrected chi connectivity index (χ0v) is 13.2. The highest BCUT2D eigenvalue weighted by Gasteiger charge is 2.32. The summed E-state index contributed by atoms with van der Waals surface area (Å²) in [6.45, 7) is 1.78. The van der Waals surface area contributed by atoms with E-state index in [1.807, 2.05) is 24.3 Å². The van der Waals surface area contributed by atoms with Crippen LogP contribution in [0.15, 0.2) is 24.3 Å². The van der Waals surface area contributed by atoms with Crippen LogP contribution in [-0.2, 0) is 11.2 Å². The van der Waals surface area contributed by atoms with Crippen LogP contribution in [0.5, 0.6) is 0 Å². The smallest absolute Gasteiger partial charge is 0.354 e. The van der Waals surface area contributed by atoms with E-state index in [0.29, 0.717) is 34.7 Å². The fraction of sp³-hybridized carbons (Fsp3) is 0.294. The standard InChI is InChI=1S/C17H16ClNO3/c1-9-15-13(19-16(9)17(21)22-2)7-11(8-14(15)20)10-3-5-12(18)6-4-10/h3-6,11,19H,7-8H2,1-2H3/t11-/m0/s1. The van der Waals surface area contributed by atoms with Crippen LogP contribution in [0.3, 0.4) is 0 Å². The van der Waals surface area contributed by atoms with Crippen LogP contribution < -0.4 is 0 Å². The molecule has 1 aliphatic rings. The Hall–Kier alpha value is -2.07. The molecule has 0 amide bonds. The summed E-state index contributed by atoms with van der Waals surface area (Å²) in [7, 11) is 1.33. The number of aromatic amines is 1. The Morgan fingerprint density at radius 3 is 2.59 bits per heavy atom. The number of H-pyrrole nitrogens is 1. The average molecular weight is 318 g/mol. The topological polar surface area (TPSA) is 59.2 Å². The van der Waals surface area contributed by atoms with Crippen molar-refractivity contribution in [3.63, 3.8) is 0 Å². The maximum atomic E-state index is 12.5. The maximum absolute atomic E-state index is 12.5. The van der Waals surface area contributed by atoms with Gasteiger partial charge in [0.2, 0.25) is 0 Å². The molecule has 0 saturated heterocycles. The summed E-state index contributed by atoms with van der Waals surface area (Å²) in [5.41, 5.74) is 3.59. The van der Waals surface area contributed by atoms with E-state index in [2.05, 4.69) is 4.98 Å². The van der Waals surface area contributed by atoms with Crippen molar-refractivity contribution in [2.45, 2.75) is 25.7 Å². The number of aromatic nitrogens is 1. The third kappa shape index (κ3) is 2.44. The molecule has 1 atom stereocenters. The summed E-state index contributed by atoms with van der Waals surface area (Å²) in [6, 6.07) is 7.55. The van der Waals surface area contributed by atoms with Gasteiger partial charge in [-0.15, -0.1) is 0 Å². The van der Waals surface area contributed by atoms with Crippen molar-refractivity contribution in [1.29, 1.82) is 0 Å². The SMILES string of the molecule is COC(=O)c1[nH]c2c(c1C)C(=O)C[C@@H](c1ccc(Cl)cc1)C2. The lowest BCUT2D eigenvalue weighted by Gasteiger charge is -2.22. The fourth-order valence-electron chi connectivity index (χ4n) is 3.11. The van der Waals surface area contributed by atoms with Gasteiger partial charge in [-0.1, -0.05) is 23.7 Å². The van der Waals surface area contributed by atoms with Crippen molar-refractivity contribution in [1.82, 2.24) is 4.98 Å². The molecule has 3 rings (SSSR count). The third-order valence-electron chi connectivity index (χ3n) is 4.22. The van der Waals surface area contributed by atoms with E-state index < -0.39 is 5.97 Å². The Labute approximate surface area is 133 Å². The number of Topliss-reactive ketones (excluding diaryl/α,β-unsaturated/α-hetero) is 1. The van der Waals surface area contributed by atoms with Gasteiger partial charge in [-0.05, 0) is 42.5 Å². The number of carbonyl (C=O) groups is 2. The van der Waals surface area contributed by atoms with Gasteiger partial charge in [0.15, 0.2) is 5.78 Å². The van der Waals surface area contributed by atoms with E-state index in [0.717, 1.165) is 11.3 Å². The van der Waals surface area contributed by atoms with Crippen LogP contribution in [0.4, 0.5) is 0 Å². The number of fused-ring (bicyclic) bond motifs is 1. The Morgan fingerprint density at radius 2 is 1.95 bits per heavy atom. The molecule has 5 heteroatoms. The molecule has 1 heterocycles. The first-order chi connectivity index (χ1) is 10.5. The second kappa shape index (κ2) is 5.61. The van der Waals surface area contributed by atoms with Gasteiger partial charge in [-0.2, -0.15) is 0 Å². The molecule has 1 aromatic heterocycles. The minimum atomic E-state index is -0.442. The second-order valence-corrected chi connectivity index (χ2v) is 5.99. The molecule has 0 spiro atoms. The van der Waals surface area contributed by atoms with E-state index in [-0.39, 0.29) is 11.7 Å². The number of methoxy groups -OCH3 is 1. The van der Waals surface area contributed by atoms with Gasteiger partial charge >= 0.3 is 5.97 Å². The molecule has 2 aromatic rings. The molecule has 4 nitrogen and oxygen atoms in total. The number of carbonyl (C=O) groups excluding carboxylic acids is 2. The number of benzene rings is 1. The Morgan fingerprint density at radius 1 is 1.27 bits per heavy atom. The van der Waals surface area contributed by atoms with Gasteiger partial charge < -0.3 is 9.72 Å². The van der Waals surface area contributed by atoms with Crippen molar-refractivity contribution >= 4 is 23.4 Å². The van der Waals surface area contributed by atoms with Gasteiger partial charge in [0.05, 0.1) is 7.11 Å². The first-order valence-corrected chi connectivity index (χ1v) is 7.47. The normalized spacial score (nSPS) is 17.2. The Kier molecular flexibility index (Phi) is 3.79. The van der Waals surface area contributed by atoms with Crippen LogP contribution in [0.25, 0.3) is 0 Å². The highest BCUT2D eigenvalue weighted by molar-refractivity contribution is 6.30. The molecule has 22 heavy (non-hydrogen) atoms. The Balaban J connectivity index is 1.97. The molecule has 0 fully saturated rings. The molecular weight excluding hydrogens is 302 g/mol. The summed E-state index contributed by atoms with van der Waals surface area (Å²) in [5.74, 6) is -0.284. The average Bonchev–Trinajstić information content (AvgIpc) is 2.84. The maximum Gasteiger partial charge on any atom is 0.354 e. The highest BCUT2D eigenvalue weighted by atomic mass is 35.5. The number of hydrogen-bond acceptors (Lipinski definition) is 3. The van der Waals surface area contributed by atoms with Gasteiger partial charge in [0.1, 0.15) is 5.69 Å². The number of nitrogens with one attached hydrogen (secondary N) is 1. The third-order valence-corrected chi connectivity index (χ3v) is 4.47. The van der Waals surface area contributed by atoms with E-state index in [1.54, 1.807) is 6.92 Å². The van der Waals surface area contributed by atoms with Crippen molar-refractivity contribution < 1.29 is 14.3 Å². The molecule has 0 saturated carbocycles. The summed E-state index contributed by atoms with van der Waals surface area (Å²) in [4.78, 5) is 27.3. The summed E-state index contributed by atoms with van der Waals surface area (Å²) < 4.78 is 4.76. The van der Waals surface area contributed by atoms with Crippen molar-refractivity contribution in [3.05, 3.63) is 57.4 Å². The van der Waals surface area contributed by atoms with Gasteiger partial charge in [-0.25, -0.2) is 4.79 Å². The van der Waals surface area contributed by atoms with Crippen LogP contribution in [-0.4, -0.2) is 23.8 Å². The molecule has 114 valence electrons. The van der Waals surface area contributed by atoms with Crippen LogP contribution in [0, 0.1) is 6.92 Å². The molecule has 1 aromatic carbocycles. The number of ether oxygens (including phenoxy) is 1. The molecular formula is C17H16ClNO3. The zero-order valence-electron chi connectivity index (χ0n) is 12.4. The quantitative estimate of drug-likeness (QED) is 0.860. The molecule has 1 N–H and O–H groups in total. The van der Waals surface area contributed by atoms with E-state index in [9.17, 15) is 9.59 Å². The van der Waals surface area contributed by atoms with Crippen LogP contribution in [0.2, 0.25) is 5.02 Å². The minimum absolute atomic E-state index is 0.0603. The van der Waals surface area contributed by atoms with E-state index >= 15 is 0 Å². The van der Waals surface area contributed by atoms with E-state index in [1.165, 1.54) is 7.11 Å². The number of esters is 1. The van der Waals surface area contributed by atoms with Crippen molar-refractivity contribution in [2.75, 3.05) is 7.11 Å². The summed E-state index contributed by atoms with van der Waals surface area (Å²) >= 11 is 5.91. The fourth-order valence-corrected chi connectivity index (χ4v) is 3.24.